The summed E-state index contributed by atoms with van der Waals surface area (Å²) < 4.78 is 14.4. The van der Waals surface area contributed by atoms with Crippen LogP contribution in [-0.2, 0) is 4.79 Å². The van der Waals surface area contributed by atoms with E-state index in [9.17, 15) is 4.79 Å². The summed E-state index contributed by atoms with van der Waals surface area (Å²) in [5.74, 6) is 2.56. The molecular weight excluding hydrogens is 578 g/mol. The average Bonchev–Trinajstić information content (AvgIpc) is 3.30. The van der Waals surface area contributed by atoms with Crippen LogP contribution in [0.2, 0.25) is 0 Å². The van der Waals surface area contributed by atoms with Gasteiger partial charge in [-0.25, -0.2) is 4.68 Å². The summed E-state index contributed by atoms with van der Waals surface area (Å²) in [4.78, 5) is 18.7. The fourth-order valence-corrected chi connectivity index (χ4v) is 5.96. The summed E-state index contributed by atoms with van der Waals surface area (Å²) in [6.45, 7) is 13.0. The smallest absolute Gasteiger partial charge is 0.255 e. The zero-order valence-corrected chi connectivity index (χ0v) is 25.8. The molecular formula is C29H36BrN5O3S. The van der Waals surface area contributed by atoms with E-state index in [1.54, 1.807) is 16.4 Å². The molecule has 10 heteroatoms. The molecule has 1 unspecified atom stereocenters. The maximum absolute atomic E-state index is 14.0. The molecule has 1 atom stereocenters. The second-order valence-electron chi connectivity index (χ2n) is 9.33. The third kappa shape index (κ3) is 6.27. The number of unbranched alkanes of at least 4 members (excludes halogenated alkanes) is 1. The summed E-state index contributed by atoms with van der Waals surface area (Å²) >= 11 is 5.30. The van der Waals surface area contributed by atoms with Gasteiger partial charge in [-0.15, -0.1) is 5.10 Å². The molecule has 208 valence electrons. The summed E-state index contributed by atoms with van der Waals surface area (Å²) in [6.07, 6.45) is 2.18. The molecule has 1 aromatic heterocycles. The van der Waals surface area contributed by atoms with Crippen LogP contribution in [0, 0.1) is 13.8 Å². The van der Waals surface area contributed by atoms with Gasteiger partial charge in [-0.3, -0.25) is 4.79 Å². The number of anilines is 2. The van der Waals surface area contributed by atoms with E-state index < -0.39 is 6.04 Å². The van der Waals surface area contributed by atoms with E-state index in [-0.39, 0.29) is 5.91 Å². The Balaban J connectivity index is 1.83. The zero-order chi connectivity index (χ0) is 28.1. The highest BCUT2D eigenvalue weighted by Gasteiger charge is 2.35. The van der Waals surface area contributed by atoms with Gasteiger partial charge in [0.25, 0.3) is 5.91 Å². The summed E-state index contributed by atoms with van der Waals surface area (Å²) in [5, 5.41) is 12.0. The van der Waals surface area contributed by atoms with Gasteiger partial charge in [-0.1, -0.05) is 37.2 Å². The van der Waals surface area contributed by atoms with Crippen molar-refractivity contribution in [2.75, 3.05) is 29.6 Å². The Bertz CT molecular complexity index is 1390. The molecule has 2 N–H and O–H groups in total. The van der Waals surface area contributed by atoms with E-state index >= 15 is 0 Å². The Morgan fingerprint density at radius 3 is 2.64 bits per heavy atom. The molecule has 0 spiro atoms. The van der Waals surface area contributed by atoms with E-state index in [1.165, 1.54) is 0 Å². The lowest BCUT2D eigenvalue weighted by molar-refractivity contribution is -0.113. The monoisotopic (exact) mass is 613 g/mol. The topological polar surface area (TPSA) is 90.3 Å². The summed E-state index contributed by atoms with van der Waals surface area (Å²) in [7, 11) is 0. The number of carbonyl (C=O) groups excluding carboxylic acids is 1. The van der Waals surface area contributed by atoms with Crippen molar-refractivity contribution in [2.45, 2.75) is 65.6 Å². The molecule has 0 bridgehead atoms. The van der Waals surface area contributed by atoms with Crippen LogP contribution < -0.4 is 20.1 Å². The number of hydrogen-bond acceptors (Lipinski definition) is 7. The number of thioether (sulfide) groups is 1. The molecule has 3 aromatic rings. The number of amides is 1. The van der Waals surface area contributed by atoms with Gasteiger partial charge < -0.3 is 20.1 Å². The number of fused-ring (bicyclic) bond motifs is 1. The van der Waals surface area contributed by atoms with Crippen molar-refractivity contribution >= 4 is 45.2 Å². The van der Waals surface area contributed by atoms with Crippen LogP contribution >= 0.6 is 27.7 Å². The molecule has 0 saturated carbocycles. The van der Waals surface area contributed by atoms with Gasteiger partial charge in [-0.2, -0.15) is 4.98 Å². The van der Waals surface area contributed by atoms with Crippen LogP contribution in [-0.4, -0.2) is 39.6 Å². The van der Waals surface area contributed by atoms with Gasteiger partial charge >= 0.3 is 0 Å². The van der Waals surface area contributed by atoms with E-state index in [0.29, 0.717) is 41.4 Å². The molecule has 2 aromatic carbocycles. The number of aromatic nitrogens is 3. The minimum Gasteiger partial charge on any atom is -0.490 e. The van der Waals surface area contributed by atoms with Crippen molar-refractivity contribution in [1.82, 2.24) is 14.8 Å². The fraction of sp³-hybridized carbons (Fsp3) is 0.414. The Morgan fingerprint density at radius 1 is 1.15 bits per heavy atom. The van der Waals surface area contributed by atoms with Crippen molar-refractivity contribution in [3.63, 3.8) is 0 Å². The largest absolute Gasteiger partial charge is 0.490 e. The summed E-state index contributed by atoms with van der Waals surface area (Å²) in [6, 6.07) is 9.27. The first-order valence-corrected chi connectivity index (χ1v) is 15.1. The van der Waals surface area contributed by atoms with E-state index in [1.807, 2.05) is 65.0 Å². The van der Waals surface area contributed by atoms with Crippen LogP contribution in [0.25, 0.3) is 0 Å². The zero-order valence-electron chi connectivity index (χ0n) is 23.4. The first-order valence-electron chi connectivity index (χ1n) is 13.3. The SMILES string of the molecule is CCCCSc1nc2n(n1)C(c1cc(Br)c(OCC)c(OCC)c1)C(C(=O)Nc1cccc(C)c1C)=C(C)N2. The Kier molecular flexibility index (Phi) is 9.61. The van der Waals surface area contributed by atoms with Gasteiger partial charge in [0.15, 0.2) is 11.5 Å². The van der Waals surface area contributed by atoms with Crippen molar-refractivity contribution in [1.29, 1.82) is 0 Å². The van der Waals surface area contributed by atoms with Gasteiger partial charge in [0.05, 0.1) is 23.3 Å². The third-order valence-electron chi connectivity index (χ3n) is 6.60. The van der Waals surface area contributed by atoms with Gasteiger partial charge in [0.1, 0.15) is 6.04 Å². The van der Waals surface area contributed by atoms with Crippen LogP contribution in [0.4, 0.5) is 11.6 Å². The van der Waals surface area contributed by atoms with Crippen LogP contribution in [0.5, 0.6) is 11.5 Å². The predicted octanol–water partition coefficient (Wildman–Crippen LogP) is 7.27. The van der Waals surface area contributed by atoms with Gasteiger partial charge in [0, 0.05) is 17.1 Å². The van der Waals surface area contributed by atoms with E-state index in [4.69, 9.17) is 19.6 Å². The molecule has 39 heavy (non-hydrogen) atoms. The van der Waals surface area contributed by atoms with Crippen molar-refractivity contribution < 1.29 is 14.3 Å². The number of aryl methyl sites for hydroxylation is 1. The number of hydrogen-bond donors (Lipinski definition) is 2. The first-order chi connectivity index (χ1) is 18.8. The molecule has 0 aliphatic carbocycles. The van der Waals surface area contributed by atoms with Gasteiger partial charge in [-0.05, 0) is 91.9 Å². The van der Waals surface area contributed by atoms with Crippen molar-refractivity contribution in [2.24, 2.45) is 0 Å². The molecule has 1 amide bonds. The Hall–Kier alpha value is -2.98. The molecule has 2 heterocycles. The molecule has 0 fully saturated rings. The Labute approximate surface area is 243 Å². The number of rotatable bonds is 11. The highest BCUT2D eigenvalue weighted by atomic mass is 79.9. The number of halogens is 1. The average molecular weight is 615 g/mol. The number of allylic oxidation sites excluding steroid dienone is 1. The second kappa shape index (κ2) is 12.9. The summed E-state index contributed by atoms with van der Waals surface area (Å²) in [5.41, 5.74) is 5.02. The highest BCUT2D eigenvalue weighted by molar-refractivity contribution is 9.10. The third-order valence-corrected chi connectivity index (χ3v) is 8.11. The number of carbonyl (C=O) groups is 1. The maximum Gasteiger partial charge on any atom is 0.255 e. The van der Waals surface area contributed by atoms with Crippen molar-refractivity contribution in [3.8, 4) is 11.5 Å². The minimum atomic E-state index is -0.537. The number of ether oxygens (including phenoxy) is 2. The molecule has 1 aliphatic heterocycles. The predicted molar refractivity (Wildman–Crippen MR) is 161 cm³/mol. The quantitative estimate of drug-likeness (QED) is 0.173. The molecule has 0 saturated heterocycles. The minimum absolute atomic E-state index is 0.206. The number of nitrogens with zero attached hydrogens (tertiary/aromatic N) is 3. The molecule has 0 radical (unpaired) electrons. The van der Waals surface area contributed by atoms with E-state index in [0.717, 1.165) is 51.1 Å². The number of nitrogens with one attached hydrogen (secondary N) is 2. The van der Waals surface area contributed by atoms with E-state index in [2.05, 4.69) is 33.5 Å². The lowest BCUT2D eigenvalue weighted by Gasteiger charge is -2.29. The lowest BCUT2D eigenvalue weighted by atomic mass is 9.94. The van der Waals surface area contributed by atoms with Crippen LogP contribution in [0.1, 0.15) is 63.3 Å². The fourth-order valence-electron chi connectivity index (χ4n) is 4.47. The van der Waals surface area contributed by atoms with Gasteiger partial charge in [0.2, 0.25) is 11.1 Å². The van der Waals surface area contributed by atoms with Crippen LogP contribution in [0.15, 0.2) is 51.2 Å². The molecule has 4 rings (SSSR count). The lowest BCUT2D eigenvalue weighted by Crippen LogP contribution is -2.31. The standard InChI is InChI=1S/C29H36BrN5O3S/c1-7-10-14-39-29-33-28-31-19(6)24(27(36)32-22-13-11-12-17(4)18(22)5)25(35(28)34-29)20-15-21(30)26(38-9-3)23(16-20)37-8-2/h11-13,15-16,25H,7-10,14H2,1-6H3,(H,32,36)(H,31,33,34). The second-order valence-corrected chi connectivity index (χ2v) is 11.2. The maximum atomic E-state index is 14.0. The Morgan fingerprint density at radius 2 is 1.92 bits per heavy atom. The highest BCUT2D eigenvalue weighted by Crippen LogP contribution is 2.43. The molecule has 1 aliphatic rings. The first kappa shape index (κ1) is 29.0. The van der Waals surface area contributed by atoms with Crippen molar-refractivity contribution in [3.05, 3.63) is 62.8 Å². The number of benzene rings is 2. The normalized spacial score (nSPS) is 14.6. The van der Waals surface area contributed by atoms with Crippen LogP contribution in [0.3, 0.4) is 0 Å². The molecule has 8 nitrogen and oxygen atoms in total.